The lowest BCUT2D eigenvalue weighted by Crippen LogP contribution is -2.02. The summed E-state index contributed by atoms with van der Waals surface area (Å²) in [6.45, 7) is 0. The van der Waals surface area contributed by atoms with Gasteiger partial charge in [-0.05, 0) is 48.5 Å². The molecule has 0 aliphatic carbocycles. The summed E-state index contributed by atoms with van der Waals surface area (Å²) in [6, 6.07) is 14.8. The van der Waals surface area contributed by atoms with Crippen LogP contribution in [0.3, 0.4) is 0 Å². The number of ether oxygens (including phenoxy) is 2. The minimum absolute atomic E-state index is 0.105. The van der Waals surface area contributed by atoms with Crippen LogP contribution in [0.5, 0.6) is 11.5 Å². The highest BCUT2D eigenvalue weighted by molar-refractivity contribution is 8.00. The number of carbonyl (C=O) groups excluding carboxylic acids is 1. The lowest BCUT2D eigenvalue weighted by Gasteiger charge is -2.04. The van der Waals surface area contributed by atoms with Gasteiger partial charge < -0.3 is 9.47 Å². The van der Waals surface area contributed by atoms with Crippen LogP contribution in [0.15, 0.2) is 53.4 Å². The normalized spacial score (nSPS) is 10.1. The van der Waals surface area contributed by atoms with Crippen LogP contribution in [0.2, 0.25) is 0 Å². The monoisotopic (exact) mass is 288 g/mol. The first-order valence-corrected chi connectivity index (χ1v) is 7.15. The fourth-order valence-electron chi connectivity index (χ4n) is 1.68. The third-order valence-electron chi connectivity index (χ3n) is 2.84. The van der Waals surface area contributed by atoms with E-state index in [0.717, 1.165) is 16.4 Å². The molecular weight excluding hydrogens is 272 g/mol. The van der Waals surface area contributed by atoms with E-state index in [9.17, 15) is 4.79 Å². The average molecular weight is 288 g/mol. The molecule has 0 radical (unpaired) electrons. The molecule has 0 saturated heterocycles. The number of hydrogen-bond donors (Lipinski definition) is 0. The third kappa shape index (κ3) is 3.78. The molecule has 4 heteroatoms. The Kier molecular flexibility index (Phi) is 5.07. The topological polar surface area (TPSA) is 35.5 Å². The molecule has 0 aliphatic rings. The van der Waals surface area contributed by atoms with E-state index in [0.29, 0.717) is 11.3 Å². The SMILES string of the molecule is COc1ccc(SCC(=O)c2ccc(OC)cc2)cc1. The van der Waals surface area contributed by atoms with E-state index in [4.69, 9.17) is 9.47 Å². The second-order valence-electron chi connectivity index (χ2n) is 4.12. The summed E-state index contributed by atoms with van der Waals surface area (Å²) < 4.78 is 10.2. The van der Waals surface area contributed by atoms with Crippen LogP contribution in [0.4, 0.5) is 0 Å². The number of methoxy groups -OCH3 is 2. The largest absolute Gasteiger partial charge is 0.497 e. The van der Waals surface area contributed by atoms with E-state index in [-0.39, 0.29) is 5.78 Å². The lowest BCUT2D eigenvalue weighted by atomic mass is 10.1. The molecule has 2 rings (SSSR count). The van der Waals surface area contributed by atoms with Gasteiger partial charge in [-0.3, -0.25) is 4.79 Å². The molecule has 0 unspecified atom stereocenters. The van der Waals surface area contributed by atoms with Crippen molar-refractivity contribution >= 4 is 17.5 Å². The smallest absolute Gasteiger partial charge is 0.173 e. The maximum atomic E-state index is 12.1. The van der Waals surface area contributed by atoms with Crippen LogP contribution in [0, 0.1) is 0 Å². The molecule has 0 aliphatic heterocycles. The fraction of sp³-hybridized carbons (Fsp3) is 0.188. The van der Waals surface area contributed by atoms with E-state index in [1.165, 1.54) is 11.8 Å². The third-order valence-corrected chi connectivity index (χ3v) is 3.85. The van der Waals surface area contributed by atoms with Crippen molar-refractivity contribution in [2.24, 2.45) is 0 Å². The van der Waals surface area contributed by atoms with Gasteiger partial charge in [0.2, 0.25) is 0 Å². The maximum Gasteiger partial charge on any atom is 0.173 e. The quantitative estimate of drug-likeness (QED) is 0.600. The van der Waals surface area contributed by atoms with Gasteiger partial charge in [-0.2, -0.15) is 0 Å². The molecule has 0 saturated carbocycles. The second kappa shape index (κ2) is 7.01. The zero-order valence-electron chi connectivity index (χ0n) is 11.5. The van der Waals surface area contributed by atoms with Gasteiger partial charge in [0.15, 0.2) is 5.78 Å². The standard InChI is InChI=1S/C16H16O3S/c1-18-13-5-3-12(4-6-13)16(17)11-20-15-9-7-14(19-2)8-10-15/h3-10H,11H2,1-2H3. The molecule has 0 aromatic heterocycles. The number of carbonyl (C=O) groups is 1. The van der Waals surface area contributed by atoms with E-state index >= 15 is 0 Å². The second-order valence-corrected chi connectivity index (χ2v) is 5.16. The Morgan fingerprint density at radius 1 is 0.900 bits per heavy atom. The number of hydrogen-bond acceptors (Lipinski definition) is 4. The molecule has 2 aromatic rings. The summed E-state index contributed by atoms with van der Waals surface area (Å²) in [7, 11) is 3.24. The number of thioether (sulfide) groups is 1. The van der Waals surface area contributed by atoms with Crippen LogP contribution in [0.1, 0.15) is 10.4 Å². The van der Waals surface area contributed by atoms with Gasteiger partial charge in [0.05, 0.1) is 20.0 Å². The van der Waals surface area contributed by atoms with E-state index in [2.05, 4.69) is 0 Å². The van der Waals surface area contributed by atoms with Crippen molar-refractivity contribution in [3.8, 4) is 11.5 Å². The highest BCUT2D eigenvalue weighted by Crippen LogP contribution is 2.22. The van der Waals surface area contributed by atoms with Gasteiger partial charge in [-0.25, -0.2) is 0 Å². The summed E-state index contributed by atoms with van der Waals surface area (Å²) in [5.41, 5.74) is 0.701. The molecule has 0 atom stereocenters. The Bertz CT molecular complexity index is 561. The number of ketones is 1. The van der Waals surface area contributed by atoms with Crippen molar-refractivity contribution in [1.29, 1.82) is 0 Å². The summed E-state index contributed by atoms with van der Waals surface area (Å²) in [5, 5.41) is 0. The molecule has 0 spiro atoms. The summed E-state index contributed by atoms with van der Waals surface area (Å²) in [4.78, 5) is 13.1. The Morgan fingerprint density at radius 2 is 1.40 bits per heavy atom. The Labute approximate surface area is 122 Å². The zero-order chi connectivity index (χ0) is 14.4. The van der Waals surface area contributed by atoms with Crippen molar-refractivity contribution in [2.75, 3.05) is 20.0 Å². The molecular formula is C16H16O3S. The molecule has 0 bridgehead atoms. The minimum atomic E-state index is 0.105. The molecule has 20 heavy (non-hydrogen) atoms. The molecule has 104 valence electrons. The van der Waals surface area contributed by atoms with Gasteiger partial charge in [0.25, 0.3) is 0 Å². The van der Waals surface area contributed by atoms with E-state index in [1.807, 2.05) is 24.3 Å². The zero-order valence-corrected chi connectivity index (χ0v) is 12.3. The van der Waals surface area contributed by atoms with Gasteiger partial charge in [-0.15, -0.1) is 11.8 Å². The molecule has 0 N–H and O–H groups in total. The summed E-state index contributed by atoms with van der Waals surface area (Å²) in [5.74, 6) is 2.09. The minimum Gasteiger partial charge on any atom is -0.497 e. The van der Waals surface area contributed by atoms with Gasteiger partial charge in [0.1, 0.15) is 11.5 Å². The molecule has 0 fully saturated rings. The van der Waals surface area contributed by atoms with Crippen molar-refractivity contribution in [3.63, 3.8) is 0 Å². The predicted octanol–water partition coefficient (Wildman–Crippen LogP) is 3.68. The highest BCUT2D eigenvalue weighted by Gasteiger charge is 2.07. The number of rotatable bonds is 6. The van der Waals surface area contributed by atoms with Gasteiger partial charge >= 0.3 is 0 Å². The highest BCUT2D eigenvalue weighted by atomic mass is 32.2. The number of benzene rings is 2. The van der Waals surface area contributed by atoms with Gasteiger partial charge in [-0.1, -0.05) is 0 Å². The Morgan fingerprint density at radius 3 is 1.90 bits per heavy atom. The fourth-order valence-corrected chi connectivity index (χ4v) is 2.47. The Hall–Kier alpha value is -1.94. The molecule has 0 heterocycles. The predicted molar refractivity (Wildman–Crippen MR) is 81.0 cm³/mol. The van der Waals surface area contributed by atoms with Crippen LogP contribution < -0.4 is 9.47 Å². The van der Waals surface area contributed by atoms with Gasteiger partial charge in [0, 0.05) is 10.5 Å². The Balaban J connectivity index is 1.93. The summed E-state index contributed by atoms with van der Waals surface area (Å²) in [6.07, 6.45) is 0. The summed E-state index contributed by atoms with van der Waals surface area (Å²) >= 11 is 1.52. The first kappa shape index (κ1) is 14.5. The van der Waals surface area contributed by atoms with Crippen LogP contribution in [-0.4, -0.2) is 25.8 Å². The first-order valence-electron chi connectivity index (χ1n) is 6.17. The number of Topliss-reactive ketones (excluding diaryl/α,β-unsaturated/α-hetero) is 1. The average Bonchev–Trinajstić information content (AvgIpc) is 2.53. The van der Waals surface area contributed by atoms with Crippen LogP contribution in [0.25, 0.3) is 0 Å². The van der Waals surface area contributed by atoms with E-state index < -0.39 is 0 Å². The molecule has 2 aromatic carbocycles. The van der Waals surface area contributed by atoms with Crippen molar-refractivity contribution < 1.29 is 14.3 Å². The van der Waals surface area contributed by atoms with Crippen molar-refractivity contribution in [3.05, 3.63) is 54.1 Å². The lowest BCUT2D eigenvalue weighted by molar-refractivity contribution is 0.102. The van der Waals surface area contributed by atoms with Crippen molar-refractivity contribution in [2.45, 2.75) is 4.90 Å². The first-order chi connectivity index (χ1) is 9.72. The maximum absolute atomic E-state index is 12.1. The van der Waals surface area contributed by atoms with E-state index in [1.54, 1.807) is 38.5 Å². The molecule has 0 amide bonds. The van der Waals surface area contributed by atoms with Crippen molar-refractivity contribution in [1.82, 2.24) is 0 Å². The molecule has 3 nitrogen and oxygen atoms in total. The van der Waals surface area contributed by atoms with Crippen LogP contribution >= 0.6 is 11.8 Å². The van der Waals surface area contributed by atoms with Crippen LogP contribution in [-0.2, 0) is 0 Å².